The van der Waals surface area contributed by atoms with Crippen LogP contribution in [-0.4, -0.2) is 64.7 Å². The van der Waals surface area contributed by atoms with Crippen LogP contribution in [0.2, 0.25) is 0 Å². The number of benzene rings is 2. The van der Waals surface area contributed by atoms with Crippen molar-refractivity contribution in [1.29, 1.82) is 0 Å². The van der Waals surface area contributed by atoms with Crippen LogP contribution in [0.25, 0.3) is 23.0 Å². The summed E-state index contributed by atoms with van der Waals surface area (Å²) in [5, 5.41) is 4.80. The highest BCUT2D eigenvalue weighted by Crippen LogP contribution is 2.27. The lowest BCUT2D eigenvalue weighted by Crippen LogP contribution is -2.50. The van der Waals surface area contributed by atoms with Crippen molar-refractivity contribution in [3.63, 3.8) is 0 Å². The Morgan fingerprint density at radius 3 is 2.31 bits per heavy atom. The van der Waals surface area contributed by atoms with Crippen molar-refractivity contribution in [2.24, 2.45) is 0 Å². The van der Waals surface area contributed by atoms with E-state index < -0.39 is 0 Å². The third-order valence-corrected chi connectivity index (χ3v) is 6.14. The summed E-state index contributed by atoms with van der Waals surface area (Å²) in [4.78, 5) is 28.9. The number of aromatic nitrogens is 2. The second kappa shape index (κ2) is 10.4. The molecule has 1 fully saturated rings. The predicted molar refractivity (Wildman–Crippen MR) is 136 cm³/mol. The van der Waals surface area contributed by atoms with E-state index in [0.717, 1.165) is 28.3 Å². The maximum Gasteiger partial charge on any atom is 0.289 e. The maximum atomic E-state index is 13.0. The van der Waals surface area contributed by atoms with Crippen molar-refractivity contribution >= 4 is 17.9 Å². The van der Waals surface area contributed by atoms with Gasteiger partial charge in [-0.05, 0) is 54.6 Å². The monoisotopic (exact) mass is 482 g/mol. The molecule has 2 aromatic heterocycles. The summed E-state index contributed by atoms with van der Waals surface area (Å²) in [5.74, 6) is 0.822. The van der Waals surface area contributed by atoms with Gasteiger partial charge in [0, 0.05) is 49.6 Å². The highest BCUT2D eigenvalue weighted by Gasteiger charge is 2.25. The molecule has 0 radical (unpaired) electrons. The molecule has 1 saturated heterocycles. The molecule has 4 aromatic rings. The number of furan rings is 1. The van der Waals surface area contributed by atoms with Gasteiger partial charge in [-0.3, -0.25) is 9.59 Å². The molecule has 0 bridgehead atoms. The lowest BCUT2D eigenvalue weighted by atomic mass is 10.1. The number of nitrogens with zero attached hydrogens (tertiary/aromatic N) is 4. The summed E-state index contributed by atoms with van der Waals surface area (Å²) in [6, 6.07) is 20.8. The number of para-hydroxylation sites is 1. The summed E-state index contributed by atoms with van der Waals surface area (Å²) < 4.78 is 12.3. The Hall–Kier alpha value is -4.59. The number of methoxy groups -OCH3 is 1. The van der Waals surface area contributed by atoms with Gasteiger partial charge in [-0.1, -0.05) is 18.2 Å². The molecule has 2 aromatic carbocycles. The first-order valence-electron chi connectivity index (χ1n) is 11.7. The lowest BCUT2D eigenvalue weighted by molar-refractivity contribution is -0.127. The van der Waals surface area contributed by atoms with E-state index in [0.29, 0.717) is 31.9 Å². The van der Waals surface area contributed by atoms with Crippen molar-refractivity contribution < 1.29 is 18.7 Å². The minimum absolute atomic E-state index is 0.103. The van der Waals surface area contributed by atoms with Crippen LogP contribution in [0.4, 0.5) is 0 Å². The van der Waals surface area contributed by atoms with Crippen molar-refractivity contribution in [1.82, 2.24) is 19.6 Å². The molecule has 1 aliphatic heterocycles. The number of carbonyl (C=O) groups is 2. The van der Waals surface area contributed by atoms with Crippen LogP contribution in [0, 0.1) is 0 Å². The molecule has 36 heavy (non-hydrogen) atoms. The highest BCUT2D eigenvalue weighted by molar-refractivity contribution is 5.94. The predicted octanol–water partition coefficient (Wildman–Crippen LogP) is 4.14. The van der Waals surface area contributed by atoms with E-state index in [1.165, 1.54) is 6.26 Å². The first kappa shape index (κ1) is 23.2. The van der Waals surface area contributed by atoms with Crippen LogP contribution < -0.4 is 4.74 Å². The van der Waals surface area contributed by atoms with Gasteiger partial charge in [0.2, 0.25) is 5.91 Å². The Labute approximate surface area is 209 Å². The second-order valence-electron chi connectivity index (χ2n) is 8.37. The average molecular weight is 483 g/mol. The maximum absolute atomic E-state index is 13.0. The molecule has 3 heterocycles. The topological polar surface area (TPSA) is 80.8 Å². The molecule has 8 heteroatoms. The normalized spacial score (nSPS) is 13.8. The Morgan fingerprint density at radius 2 is 1.64 bits per heavy atom. The quantitative estimate of drug-likeness (QED) is 0.386. The van der Waals surface area contributed by atoms with E-state index in [2.05, 4.69) is 0 Å². The van der Waals surface area contributed by atoms with Gasteiger partial charge >= 0.3 is 0 Å². The largest absolute Gasteiger partial charge is 0.497 e. The van der Waals surface area contributed by atoms with Crippen molar-refractivity contribution in [2.45, 2.75) is 0 Å². The van der Waals surface area contributed by atoms with E-state index in [4.69, 9.17) is 14.3 Å². The molecule has 0 atom stereocenters. The van der Waals surface area contributed by atoms with Gasteiger partial charge in [0.15, 0.2) is 5.76 Å². The molecular formula is C28H26N4O4. The number of hydrogen-bond acceptors (Lipinski definition) is 5. The summed E-state index contributed by atoms with van der Waals surface area (Å²) in [6.45, 7) is 1.85. The molecule has 0 aliphatic carbocycles. The lowest BCUT2D eigenvalue weighted by Gasteiger charge is -2.33. The standard InChI is InChI=1S/C28H26N4O4/c1-35-24-12-9-21(10-13-24)27-22(20-32(29-27)23-6-3-2-4-7-23)11-14-26(33)30-15-17-31(18-16-30)28(34)25-8-5-19-36-25/h2-14,19-20H,15-18H2,1H3. The molecule has 0 N–H and O–H groups in total. The van der Waals surface area contributed by atoms with Gasteiger partial charge in [-0.25, -0.2) is 4.68 Å². The third-order valence-electron chi connectivity index (χ3n) is 6.14. The van der Waals surface area contributed by atoms with Crippen molar-refractivity contribution in [3.05, 3.63) is 96.6 Å². The van der Waals surface area contributed by atoms with E-state index in [9.17, 15) is 9.59 Å². The summed E-state index contributed by atoms with van der Waals surface area (Å²) in [6.07, 6.45) is 6.77. The number of amides is 2. The summed E-state index contributed by atoms with van der Waals surface area (Å²) >= 11 is 0. The van der Waals surface area contributed by atoms with E-state index >= 15 is 0 Å². The van der Waals surface area contributed by atoms with E-state index in [1.807, 2.05) is 65.5 Å². The molecule has 5 rings (SSSR count). The van der Waals surface area contributed by atoms with Gasteiger partial charge < -0.3 is 19.0 Å². The van der Waals surface area contributed by atoms with Crippen LogP contribution >= 0.6 is 0 Å². The molecule has 0 saturated carbocycles. The minimum atomic E-state index is -0.153. The zero-order valence-electron chi connectivity index (χ0n) is 19.9. The third kappa shape index (κ3) is 4.93. The number of carbonyl (C=O) groups excluding carboxylic acids is 2. The number of rotatable bonds is 6. The fourth-order valence-electron chi connectivity index (χ4n) is 4.15. The molecule has 182 valence electrons. The fourth-order valence-corrected chi connectivity index (χ4v) is 4.15. The second-order valence-corrected chi connectivity index (χ2v) is 8.37. The smallest absolute Gasteiger partial charge is 0.289 e. The van der Waals surface area contributed by atoms with Crippen LogP contribution in [-0.2, 0) is 4.79 Å². The first-order chi connectivity index (χ1) is 17.6. The Morgan fingerprint density at radius 1 is 0.917 bits per heavy atom. The average Bonchev–Trinajstić information content (AvgIpc) is 3.63. The van der Waals surface area contributed by atoms with Gasteiger partial charge in [-0.15, -0.1) is 0 Å². The van der Waals surface area contributed by atoms with E-state index in [1.54, 1.807) is 41.2 Å². The molecule has 8 nitrogen and oxygen atoms in total. The zero-order chi connectivity index (χ0) is 24.9. The Kier molecular flexibility index (Phi) is 6.66. The SMILES string of the molecule is COc1ccc(-c2nn(-c3ccccc3)cc2C=CC(=O)N2CCN(C(=O)c3ccco3)CC2)cc1. The van der Waals surface area contributed by atoms with Crippen molar-refractivity contribution in [3.8, 4) is 22.7 Å². The molecule has 1 aliphatic rings. The molecule has 0 spiro atoms. The summed E-state index contributed by atoms with van der Waals surface area (Å²) in [5.41, 5.74) is 3.43. The van der Waals surface area contributed by atoms with Gasteiger partial charge in [0.25, 0.3) is 5.91 Å². The molecule has 2 amide bonds. The molecular weight excluding hydrogens is 456 g/mol. The Balaban J connectivity index is 1.33. The number of hydrogen-bond donors (Lipinski definition) is 0. The van der Waals surface area contributed by atoms with Crippen LogP contribution in [0.3, 0.4) is 0 Å². The van der Waals surface area contributed by atoms with Gasteiger partial charge in [-0.2, -0.15) is 5.10 Å². The minimum Gasteiger partial charge on any atom is -0.497 e. The van der Waals surface area contributed by atoms with Crippen LogP contribution in [0.15, 0.2) is 89.7 Å². The highest BCUT2D eigenvalue weighted by atomic mass is 16.5. The van der Waals surface area contributed by atoms with Gasteiger partial charge in [0.05, 0.1) is 24.8 Å². The van der Waals surface area contributed by atoms with E-state index in [-0.39, 0.29) is 11.8 Å². The Bertz CT molecular complexity index is 1350. The fraction of sp³-hybridized carbons (Fsp3) is 0.179. The number of ether oxygens (including phenoxy) is 1. The van der Waals surface area contributed by atoms with Gasteiger partial charge in [0.1, 0.15) is 5.75 Å². The number of piperazine rings is 1. The molecule has 0 unspecified atom stereocenters. The first-order valence-corrected chi connectivity index (χ1v) is 11.7. The van der Waals surface area contributed by atoms with Crippen LogP contribution in [0.5, 0.6) is 5.75 Å². The van der Waals surface area contributed by atoms with Crippen LogP contribution in [0.1, 0.15) is 16.1 Å². The van der Waals surface area contributed by atoms with Crippen molar-refractivity contribution in [2.75, 3.05) is 33.3 Å². The summed E-state index contributed by atoms with van der Waals surface area (Å²) in [7, 11) is 1.63. The zero-order valence-corrected chi connectivity index (χ0v) is 19.9.